The Hall–Kier alpha value is -1.41. The van der Waals surface area contributed by atoms with Crippen LogP contribution in [-0.2, 0) is 4.79 Å². The Morgan fingerprint density at radius 3 is 2.78 bits per heavy atom. The lowest BCUT2D eigenvalue weighted by molar-refractivity contribution is -0.128. The van der Waals surface area contributed by atoms with Gasteiger partial charge in [0.05, 0.1) is 9.89 Å². The molecule has 0 saturated heterocycles. The number of hydrogen-bond acceptors (Lipinski definition) is 6. The van der Waals surface area contributed by atoms with Crippen molar-refractivity contribution >= 4 is 33.6 Å². The van der Waals surface area contributed by atoms with Crippen molar-refractivity contribution in [1.82, 2.24) is 15.3 Å². The van der Waals surface area contributed by atoms with Crippen molar-refractivity contribution in [3.8, 4) is 0 Å². The highest BCUT2D eigenvalue weighted by atomic mass is 79.9. The molecule has 0 aromatic carbocycles. The SMILES string of the molecule is CNC(=O)C(C)(C)CNc1nc(NN)ncc1Br. The predicted octanol–water partition coefficient (Wildman–Crippen LogP) is 0.709. The van der Waals surface area contributed by atoms with Crippen molar-refractivity contribution in [2.75, 3.05) is 24.3 Å². The Kier molecular flexibility index (Phi) is 4.85. The van der Waals surface area contributed by atoms with Gasteiger partial charge in [-0.3, -0.25) is 10.2 Å². The number of anilines is 2. The molecule has 0 atom stereocenters. The Labute approximate surface area is 114 Å². The molecule has 0 radical (unpaired) electrons. The van der Waals surface area contributed by atoms with Gasteiger partial charge < -0.3 is 10.6 Å². The van der Waals surface area contributed by atoms with Gasteiger partial charge >= 0.3 is 0 Å². The van der Waals surface area contributed by atoms with Gasteiger partial charge in [-0.05, 0) is 29.8 Å². The monoisotopic (exact) mass is 316 g/mol. The number of nitrogens with one attached hydrogen (secondary N) is 3. The first-order valence-electron chi connectivity index (χ1n) is 5.36. The van der Waals surface area contributed by atoms with Crippen LogP contribution < -0.4 is 21.9 Å². The fourth-order valence-corrected chi connectivity index (χ4v) is 1.62. The standard InChI is InChI=1S/C10H17BrN6O/c1-10(2,8(18)13-3)5-15-7-6(11)4-14-9(16-7)17-12/h4H,5,12H2,1-3H3,(H,13,18)(H2,14,15,16,17). The second kappa shape index (κ2) is 5.96. The van der Waals surface area contributed by atoms with Crippen LogP contribution in [0.5, 0.6) is 0 Å². The van der Waals surface area contributed by atoms with Gasteiger partial charge in [-0.2, -0.15) is 4.98 Å². The van der Waals surface area contributed by atoms with E-state index in [9.17, 15) is 4.79 Å². The average molecular weight is 317 g/mol. The molecule has 7 nitrogen and oxygen atoms in total. The first-order valence-corrected chi connectivity index (χ1v) is 6.15. The molecule has 5 N–H and O–H groups in total. The first-order chi connectivity index (χ1) is 8.40. The molecule has 1 aromatic heterocycles. The van der Waals surface area contributed by atoms with Gasteiger partial charge in [0.1, 0.15) is 5.82 Å². The fourth-order valence-electron chi connectivity index (χ4n) is 1.28. The van der Waals surface area contributed by atoms with Crippen molar-refractivity contribution in [2.45, 2.75) is 13.8 Å². The molecule has 0 spiro atoms. The van der Waals surface area contributed by atoms with Crippen LogP contribution in [0.1, 0.15) is 13.8 Å². The topological polar surface area (TPSA) is 105 Å². The molecule has 0 unspecified atom stereocenters. The molecule has 100 valence electrons. The van der Waals surface area contributed by atoms with E-state index in [2.05, 4.69) is 42.0 Å². The number of nitrogens with two attached hydrogens (primary N) is 1. The normalized spacial score (nSPS) is 10.9. The number of halogens is 1. The zero-order valence-corrected chi connectivity index (χ0v) is 12.1. The van der Waals surface area contributed by atoms with Crippen LogP contribution in [0.3, 0.4) is 0 Å². The first kappa shape index (κ1) is 14.7. The van der Waals surface area contributed by atoms with Gasteiger partial charge in [0.25, 0.3) is 0 Å². The summed E-state index contributed by atoms with van der Waals surface area (Å²) < 4.78 is 0.703. The highest BCUT2D eigenvalue weighted by Crippen LogP contribution is 2.22. The molecular weight excluding hydrogens is 300 g/mol. The summed E-state index contributed by atoms with van der Waals surface area (Å²) in [5, 5.41) is 5.71. The van der Waals surface area contributed by atoms with E-state index < -0.39 is 5.41 Å². The molecule has 0 fully saturated rings. The molecule has 0 aliphatic heterocycles. The smallest absolute Gasteiger partial charge is 0.239 e. The molecule has 0 bridgehead atoms. The van der Waals surface area contributed by atoms with Gasteiger partial charge in [0.15, 0.2) is 0 Å². The number of hydrazine groups is 1. The van der Waals surface area contributed by atoms with Gasteiger partial charge in [-0.15, -0.1) is 0 Å². The van der Waals surface area contributed by atoms with Gasteiger partial charge in [-0.1, -0.05) is 0 Å². The van der Waals surface area contributed by atoms with E-state index in [-0.39, 0.29) is 5.91 Å². The minimum absolute atomic E-state index is 0.0441. The van der Waals surface area contributed by atoms with E-state index in [1.807, 2.05) is 13.8 Å². The van der Waals surface area contributed by atoms with Crippen LogP contribution in [0.15, 0.2) is 10.7 Å². The maximum Gasteiger partial charge on any atom is 0.239 e. The molecule has 1 aromatic rings. The number of nitrogens with zero attached hydrogens (tertiary/aromatic N) is 2. The number of carbonyl (C=O) groups excluding carboxylic acids is 1. The third kappa shape index (κ3) is 3.54. The van der Waals surface area contributed by atoms with Crippen LogP contribution in [-0.4, -0.2) is 29.5 Å². The molecule has 0 saturated carbocycles. The molecular formula is C10H17BrN6O. The third-order valence-corrected chi connectivity index (χ3v) is 2.99. The van der Waals surface area contributed by atoms with Crippen LogP contribution in [0.4, 0.5) is 11.8 Å². The number of carbonyl (C=O) groups is 1. The van der Waals surface area contributed by atoms with E-state index in [0.717, 1.165) is 0 Å². The highest BCUT2D eigenvalue weighted by molar-refractivity contribution is 9.10. The Morgan fingerprint density at radius 1 is 1.56 bits per heavy atom. The molecule has 1 amide bonds. The summed E-state index contributed by atoms with van der Waals surface area (Å²) in [7, 11) is 1.61. The van der Waals surface area contributed by atoms with E-state index >= 15 is 0 Å². The largest absolute Gasteiger partial charge is 0.368 e. The molecule has 0 aliphatic rings. The van der Waals surface area contributed by atoms with Gasteiger partial charge in [-0.25, -0.2) is 10.8 Å². The molecule has 18 heavy (non-hydrogen) atoms. The number of rotatable bonds is 5. The lowest BCUT2D eigenvalue weighted by Crippen LogP contribution is -2.39. The minimum atomic E-state index is -0.546. The number of hydrogen-bond donors (Lipinski definition) is 4. The Balaban J connectivity index is 2.77. The minimum Gasteiger partial charge on any atom is -0.368 e. The van der Waals surface area contributed by atoms with Gasteiger partial charge in [0.2, 0.25) is 11.9 Å². The zero-order valence-electron chi connectivity index (χ0n) is 10.5. The summed E-state index contributed by atoms with van der Waals surface area (Å²) in [4.78, 5) is 19.7. The van der Waals surface area contributed by atoms with E-state index in [1.165, 1.54) is 0 Å². The summed E-state index contributed by atoms with van der Waals surface area (Å²) in [5.41, 5.74) is 1.82. The number of nitrogen functional groups attached to an aromatic ring is 1. The molecule has 1 heterocycles. The maximum atomic E-state index is 11.6. The quantitative estimate of drug-likeness (QED) is 0.471. The summed E-state index contributed by atoms with van der Waals surface area (Å²) in [6.45, 7) is 4.12. The van der Waals surface area contributed by atoms with E-state index in [1.54, 1.807) is 13.2 Å². The summed E-state index contributed by atoms with van der Waals surface area (Å²) in [5.74, 6) is 6.08. The third-order valence-electron chi connectivity index (χ3n) is 2.41. The Morgan fingerprint density at radius 2 is 2.22 bits per heavy atom. The molecule has 8 heteroatoms. The Bertz CT molecular complexity index is 436. The van der Waals surface area contributed by atoms with Crippen molar-refractivity contribution in [1.29, 1.82) is 0 Å². The lowest BCUT2D eigenvalue weighted by atomic mass is 9.92. The lowest BCUT2D eigenvalue weighted by Gasteiger charge is -2.23. The van der Waals surface area contributed by atoms with Crippen LogP contribution in [0, 0.1) is 5.41 Å². The second-order valence-corrected chi connectivity index (χ2v) is 5.21. The van der Waals surface area contributed by atoms with Crippen LogP contribution in [0.2, 0.25) is 0 Å². The van der Waals surface area contributed by atoms with E-state index in [4.69, 9.17) is 5.84 Å². The number of aromatic nitrogens is 2. The van der Waals surface area contributed by atoms with E-state index in [0.29, 0.717) is 22.8 Å². The summed E-state index contributed by atoms with van der Waals surface area (Å²) in [6.07, 6.45) is 1.58. The van der Waals surface area contributed by atoms with Crippen molar-refractivity contribution in [3.05, 3.63) is 10.7 Å². The fraction of sp³-hybridized carbons (Fsp3) is 0.500. The highest BCUT2D eigenvalue weighted by Gasteiger charge is 2.26. The second-order valence-electron chi connectivity index (χ2n) is 4.35. The van der Waals surface area contributed by atoms with Gasteiger partial charge in [0, 0.05) is 19.8 Å². The number of amides is 1. The summed E-state index contributed by atoms with van der Waals surface area (Å²) >= 11 is 3.32. The van der Waals surface area contributed by atoms with Crippen LogP contribution in [0.25, 0.3) is 0 Å². The zero-order chi connectivity index (χ0) is 13.8. The van der Waals surface area contributed by atoms with Crippen molar-refractivity contribution in [3.63, 3.8) is 0 Å². The van der Waals surface area contributed by atoms with Crippen molar-refractivity contribution in [2.24, 2.45) is 11.3 Å². The molecule has 0 aliphatic carbocycles. The average Bonchev–Trinajstić information content (AvgIpc) is 2.36. The van der Waals surface area contributed by atoms with Crippen LogP contribution >= 0.6 is 15.9 Å². The predicted molar refractivity (Wildman–Crippen MR) is 73.9 cm³/mol. The molecule has 1 rings (SSSR count). The van der Waals surface area contributed by atoms with Crippen molar-refractivity contribution < 1.29 is 4.79 Å². The summed E-state index contributed by atoms with van der Waals surface area (Å²) in [6, 6.07) is 0. The maximum absolute atomic E-state index is 11.6.